The van der Waals surface area contributed by atoms with E-state index in [1.165, 1.54) is 4.90 Å². The second-order valence-electron chi connectivity index (χ2n) is 7.25. The lowest BCUT2D eigenvalue weighted by Gasteiger charge is -2.36. The Morgan fingerprint density at radius 2 is 1.66 bits per heavy atom. The fraction of sp³-hybridized carbons (Fsp3) is 0.364. The number of carbonyl (C=O) groups excluding carboxylic acids is 2. The van der Waals surface area contributed by atoms with E-state index >= 15 is 0 Å². The second kappa shape index (κ2) is 9.11. The van der Waals surface area contributed by atoms with Gasteiger partial charge in [0.05, 0.1) is 5.92 Å². The van der Waals surface area contributed by atoms with Crippen LogP contribution in [0, 0.1) is 5.92 Å². The number of amides is 2. The number of hydrogen-bond acceptors (Lipinski definition) is 2. The molecular formula is C22H23F3N2O2. The van der Waals surface area contributed by atoms with Crippen molar-refractivity contribution in [1.82, 2.24) is 10.2 Å². The van der Waals surface area contributed by atoms with Crippen LogP contribution in [0.25, 0.3) is 0 Å². The third-order valence-electron chi connectivity index (χ3n) is 5.12. The molecule has 1 saturated heterocycles. The van der Waals surface area contributed by atoms with Crippen LogP contribution in [0.15, 0.2) is 60.7 Å². The van der Waals surface area contributed by atoms with Gasteiger partial charge in [-0.05, 0) is 30.5 Å². The molecule has 1 fully saturated rings. The van der Waals surface area contributed by atoms with E-state index in [0.29, 0.717) is 12.0 Å². The maximum Gasteiger partial charge on any atom is 0.393 e. The number of nitrogens with one attached hydrogen (secondary N) is 1. The van der Waals surface area contributed by atoms with Gasteiger partial charge >= 0.3 is 6.18 Å². The summed E-state index contributed by atoms with van der Waals surface area (Å²) in [6, 6.07) is 16.6. The summed E-state index contributed by atoms with van der Waals surface area (Å²) in [6.45, 7) is -0.104. The first-order valence-electron chi connectivity index (χ1n) is 9.60. The van der Waals surface area contributed by atoms with Gasteiger partial charge in [-0.25, -0.2) is 0 Å². The van der Waals surface area contributed by atoms with E-state index in [-0.39, 0.29) is 25.9 Å². The smallest absolute Gasteiger partial charge is 0.340 e. The van der Waals surface area contributed by atoms with Crippen LogP contribution in [0.4, 0.5) is 13.2 Å². The molecule has 0 unspecified atom stereocenters. The minimum absolute atomic E-state index is 0.0208. The fourth-order valence-electron chi connectivity index (χ4n) is 3.55. The van der Waals surface area contributed by atoms with Crippen LogP contribution in [0.3, 0.4) is 0 Å². The molecule has 7 heteroatoms. The molecule has 0 aliphatic carbocycles. The summed E-state index contributed by atoms with van der Waals surface area (Å²) < 4.78 is 39.4. The minimum atomic E-state index is -4.33. The number of carbonyl (C=O) groups is 2. The Bertz CT molecular complexity index is 825. The second-order valence-corrected chi connectivity index (χ2v) is 7.25. The summed E-state index contributed by atoms with van der Waals surface area (Å²) in [5.74, 6) is -2.43. The Balaban J connectivity index is 1.78. The van der Waals surface area contributed by atoms with Crippen molar-refractivity contribution in [2.45, 2.75) is 31.5 Å². The average molecular weight is 404 g/mol. The third kappa shape index (κ3) is 5.59. The molecule has 3 rings (SSSR count). The summed E-state index contributed by atoms with van der Waals surface area (Å²) in [4.78, 5) is 26.9. The monoisotopic (exact) mass is 404 g/mol. The van der Waals surface area contributed by atoms with Gasteiger partial charge in [0.1, 0.15) is 6.04 Å². The van der Waals surface area contributed by atoms with Crippen molar-refractivity contribution in [3.63, 3.8) is 0 Å². The molecule has 1 aliphatic rings. The van der Waals surface area contributed by atoms with Gasteiger partial charge in [-0.2, -0.15) is 13.2 Å². The van der Waals surface area contributed by atoms with Crippen molar-refractivity contribution in [2.75, 3.05) is 13.1 Å². The molecule has 154 valence electrons. The zero-order valence-corrected chi connectivity index (χ0v) is 15.9. The summed E-state index contributed by atoms with van der Waals surface area (Å²) in [7, 11) is 0. The van der Waals surface area contributed by atoms with Crippen molar-refractivity contribution in [3.8, 4) is 0 Å². The summed E-state index contributed by atoms with van der Waals surface area (Å²) >= 11 is 0. The van der Waals surface area contributed by atoms with Gasteiger partial charge in [0.15, 0.2) is 0 Å². The number of rotatable bonds is 5. The fourth-order valence-corrected chi connectivity index (χ4v) is 3.55. The van der Waals surface area contributed by atoms with Crippen LogP contribution in [0.1, 0.15) is 28.8 Å². The molecule has 1 N–H and O–H groups in total. The molecular weight excluding hydrogens is 381 g/mol. The van der Waals surface area contributed by atoms with E-state index in [4.69, 9.17) is 0 Å². The predicted octanol–water partition coefficient (Wildman–Crippen LogP) is 3.83. The van der Waals surface area contributed by atoms with Gasteiger partial charge in [0, 0.05) is 25.1 Å². The number of benzene rings is 2. The lowest BCUT2D eigenvalue weighted by molar-refractivity contribution is -0.188. The first-order valence-corrected chi connectivity index (χ1v) is 9.60. The van der Waals surface area contributed by atoms with Crippen molar-refractivity contribution in [2.24, 2.45) is 5.92 Å². The molecule has 2 aromatic rings. The summed E-state index contributed by atoms with van der Waals surface area (Å²) in [5, 5.41) is 2.72. The van der Waals surface area contributed by atoms with Gasteiger partial charge in [0.2, 0.25) is 5.91 Å². The zero-order chi connectivity index (χ0) is 20.9. The Morgan fingerprint density at radius 1 is 1.03 bits per heavy atom. The zero-order valence-electron chi connectivity index (χ0n) is 15.9. The van der Waals surface area contributed by atoms with Crippen LogP contribution < -0.4 is 5.32 Å². The van der Waals surface area contributed by atoms with Gasteiger partial charge in [0.25, 0.3) is 5.91 Å². The molecule has 0 saturated carbocycles. The van der Waals surface area contributed by atoms with E-state index in [1.54, 1.807) is 30.3 Å². The molecule has 1 heterocycles. The third-order valence-corrected chi connectivity index (χ3v) is 5.12. The quantitative estimate of drug-likeness (QED) is 0.824. The van der Waals surface area contributed by atoms with E-state index in [1.807, 2.05) is 30.3 Å². The van der Waals surface area contributed by atoms with Gasteiger partial charge in [-0.1, -0.05) is 48.5 Å². The number of nitrogens with zero attached hydrogens (tertiary/aromatic N) is 1. The first-order chi connectivity index (χ1) is 13.8. The Morgan fingerprint density at radius 3 is 2.28 bits per heavy atom. The molecule has 2 aromatic carbocycles. The van der Waals surface area contributed by atoms with Gasteiger partial charge in [-0.3, -0.25) is 9.59 Å². The topological polar surface area (TPSA) is 49.4 Å². The van der Waals surface area contributed by atoms with Crippen molar-refractivity contribution in [1.29, 1.82) is 0 Å². The highest BCUT2D eigenvalue weighted by Gasteiger charge is 2.43. The van der Waals surface area contributed by atoms with Crippen molar-refractivity contribution < 1.29 is 22.8 Å². The number of halogens is 3. The predicted molar refractivity (Wildman–Crippen MR) is 103 cm³/mol. The minimum Gasteiger partial charge on any atom is -0.340 e. The van der Waals surface area contributed by atoms with E-state index in [2.05, 4.69) is 5.32 Å². The largest absolute Gasteiger partial charge is 0.393 e. The Labute approximate surface area is 167 Å². The normalized spacial score (nSPS) is 18.2. The molecule has 0 spiro atoms. The molecule has 0 aromatic heterocycles. The number of likely N-dealkylation sites (tertiary alicyclic amines) is 1. The number of hydrogen-bond donors (Lipinski definition) is 1. The highest BCUT2D eigenvalue weighted by atomic mass is 19.4. The highest BCUT2D eigenvalue weighted by Crippen LogP contribution is 2.33. The highest BCUT2D eigenvalue weighted by molar-refractivity contribution is 5.97. The summed E-state index contributed by atoms with van der Waals surface area (Å²) in [6.07, 6.45) is -3.81. The first kappa shape index (κ1) is 20.9. The van der Waals surface area contributed by atoms with Crippen LogP contribution in [-0.4, -0.2) is 42.0 Å². The molecule has 4 nitrogen and oxygen atoms in total. The number of piperidine rings is 1. The van der Waals surface area contributed by atoms with Crippen molar-refractivity contribution >= 4 is 11.8 Å². The van der Waals surface area contributed by atoms with E-state index in [9.17, 15) is 22.8 Å². The Hall–Kier alpha value is -2.83. The lowest BCUT2D eigenvalue weighted by Crippen LogP contribution is -2.53. The average Bonchev–Trinajstić information content (AvgIpc) is 2.73. The van der Waals surface area contributed by atoms with Crippen LogP contribution in [0.5, 0.6) is 0 Å². The molecule has 29 heavy (non-hydrogen) atoms. The molecule has 1 aliphatic heterocycles. The molecule has 0 radical (unpaired) electrons. The maximum atomic E-state index is 13.1. The lowest BCUT2D eigenvalue weighted by atomic mass is 9.96. The SMILES string of the molecule is O=C(N[C@@H](Cc1ccccc1)C(=O)N1CCC[C@@H](C(F)(F)F)C1)c1ccccc1. The standard InChI is InChI=1S/C22H23F3N2O2/c23-22(24,25)18-12-7-13-27(15-18)21(29)19(14-16-8-3-1-4-9-16)26-20(28)17-10-5-2-6-11-17/h1-6,8-11,18-19H,7,12-15H2,(H,26,28)/t18-,19+/m1/s1. The maximum absolute atomic E-state index is 13.1. The van der Waals surface area contributed by atoms with Crippen LogP contribution in [-0.2, 0) is 11.2 Å². The van der Waals surface area contributed by atoms with Gasteiger partial charge < -0.3 is 10.2 Å². The Kier molecular flexibility index (Phi) is 6.56. The summed E-state index contributed by atoms with van der Waals surface area (Å²) in [5.41, 5.74) is 1.22. The van der Waals surface area contributed by atoms with Gasteiger partial charge in [-0.15, -0.1) is 0 Å². The van der Waals surface area contributed by atoms with Crippen LogP contribution >= 0.6 is 0 Å². The molecule has 0 bridgehead atoms. The molecule has 2 atom stereocenters. The van der Waals surface area contributed by atoms with E-state index < -0.39 is 30.0 Å². The van der Waals surface area contributed by atoms with Crippen LogP contribution in [0.2, 0.25) is 0 Å². The van der Waals surface area contributed by atoms with Crippen molar-refractivity contribution in [3.05, 3.63) is 71.8 Å². The number of alkyl halides is 3. The van der Waals surface area contributed by atoms with E-state index in [0.717, 1.165) is 5.56 Å². The molecule has 2 amide bonds.